The molecule has 6 nitrogen and oxygen atoms in total. The number of sulfonamides is 1. The SMILES string of the molecule is O=C1CC(c2ccccc2)C(=O)N1c1cccc(S(=O)(=O)NI)c1Cl. The van der Waals surface area contributed by atoms with Gasteiger partial charge < -0.3 is 0 Å². The lowest BCUT2D eigenvalue weighted by atomic mass is 9.98. The zero-order valence-electron chi connectivity index (χ0n) is 12.6. The molecule has 0 bridgehead atoms. The second-order valence-electron chi connectivity index (χ2n) is 5.40. The van der Waals surface area contributed by atoms with E-state index in [0.717, 1.165) is 10.5 Å². The summed E-state index contributed by atoms with van der Waals surface area (Å²) in [6.45, 7) is 0. The molecule has 25 heavy (non-hydrogen) atoms. The van der Waals surface area contributed by atoms with Crippen LogP contribution in [0, 0.1) is 0 Å². The fourth-order valence-corrected chi connectivity index (χ4v) is 4.66. The van der Waals surface area contributed by atoms with E-state index in [9.17, 15) is 18.0 Å². The van der Waals surface area contributed by atoms with Gasteiger partial charge in [0.15, 0.2) is 0 Å². The first-order valence-electron chi connectivity index (χ1n) is 7.19. The minimum atomic E-state index is -3.83. The molecule has 0 saturated carbocycles. The van der Waals surface area contributed by atoms with Crippen molar-refractivity contribution in [3.8, 4) is 0 Å². The zero-order chi connectivity index (χ0) is 18.2. The number of imide groups is 1. The third-order valence-corrected chi connectivity index (χ3v) is 7.29. The standard InChI is InChI=1S/C16H12ClIN2O4S/c17-15-12(7-4-8-13(15)25(23,24)19-18)20-14(21)9-11(16(20)22)10-5-2-1-3-6-10/h1-8,11,19H,9H2. The van der Waals surface area contributed by atoms with Crippen molar-refractivity contribution in [2.75, 3.05) is 4.90 Å². The van der Waals surface area contributed by atoms with Crippen molar-refractivity contribution in [2.45, 2.75) is 17.2 Å². The Morgan fingerprint density at radius 2 is 1.76 bits per heavy atom. The molecule has 9 heteroatoms. The van der Waals surface area contributed by atoms with Crippen molar-refractivity contribution in [2.24, 2.45) is 0 Å². The zero-order valence-corrected chi connectivity index (χ0v) is 16.4. The van der Waals surface area contributed by atoms with E-state index in [1.165, 1.54) is 41.1 Å². The molecule has 0 spiro atoms. The average Bonchev–Trinajstić information content (AvgIpc) is 2.90. The fourth-order valence-electron chi connectivity index (χ4n) is 2.75. The molecule has 1 heterocycles. The number of amides is 2. The summed E-state index contributed by atoms with van der Waals surface area (Å²) in [4.78, 5) is 26.0. The van der Waals surface area contributed by atoms with Gasteiger partial charge in [0.2, 0.25) is 11.8 Å². The van der Waals surface area contributed by atoms with Gasteiger partial charge in [-0.1, -0.05) is 48.0 Å². The highest BCUT2D eigenvalue weighted by Crippen LogP contribution is 2.38. The number of anilines is 1. The van der Waals surface area contributed by atoms with E-state index in [1.54, 1.807) is 24.3 Å². The molecule has 130 valence electrons. The molecule has 1 N–H and O–H groups in total. The number of benzene rings is 2. The molecule has 2 amide bonds. The van der Waals surface area contributed by atoms with E-state index in [4.69, 9.17) is 11.6 Å². The third kappa shape index (κ3) is 3.31. The highest BCUT2D eigenvalue weighted by Gasteiger charge is 2.41. The Hall–Kier alpha value is -1.49. The molecule has 1 saturated heterocycles. The van der Waals surface area contributed by atoms with E-state index >= 15 is 0 Å². The fraction of sp³-hybridized carbons (Fsp3) is 0.125. The highest BCUT2D eigenvalue weighted by atomic mass is 127. The molecule has 2 aromatic carbocycles. The van der Waals surface area contributed by atoms with Gasteiger partial charge in [-0.3, -0.25) is 9.59 Å². The number of nitrogens with zero attached hydrogens (tertiary/aromatic N) is 1. The molecule has 0 aromatic heterocycles. The summed E-state index contributed by atoms with van der Waals surface area (Å²) in [7, 11) is -3.83. The monoisotopic (exact) mass is 490 g/mol. The Morgan fingerprint density at radius 3 is 2.40 bits per heavy atom. The first kappa shape index (κ1) is 18.3. The molecule has 2 aromatic rings. The Morgan fingerprint density at radius 1 is 1.08 bits per heavy atom. The molecular formula is C16H12ClIN2O4S. The van der Waals surface area contributed by atoms with E-state index in [1.807, 2.05) is 6.07 Å². The Bertz CT molecular complexity index is 950. The van der Waals surface area contributed by atoms with Crippen molar-refractivity contribution < 1.29 is 18.0 Å². The quantitative estimate of drug-likeness (QED) is 0.406. The van der Waals surface area contributed by atoms with Gasteiger partial charge in [-0.25, -0.2) is 13.3 Å². The minimum Gasteiger partial charge on any atom is -0.274 e. The topological polar surface area (TPSA) is 83.6 Å². The van der Waals surface area contributed by atoms with Gasteiger partial charge in [0.1, 0.15) is 4.90 Å². The number of halogens is 2. The molecule has 3 rings (SSSR count). The van der Waals surface area contributed by atoms with Gasteiger partial charge in [0.05, 0.1) is 16.6 Å². The number of carbonyl (C=O) groups is 2. The molecule has 0 radical (unpaired) electrons. The largest absolute Gasteiger partial charge is 0.274 e. The van der Waals surface area contributed by atoms with Crippen molar-refractivity contribution in [3.63, 3.8) is 0 Å². The lowest BCUT2D eigenvalue weighted by Gasteiger charge is -2.18. The van der Waals surface area contributed by atoms with Crippen LogP contribution in [0.25, 0.3) is 0 Å². The van der Waals surface area contributed by atoms with E-state index in [2.05, 4.69) is 2.94 Å². The van der Waals surface area contributed by atoms with E-state index in [0.29, 0.717) is 0 Å². The Kier molecular flexibility index (Phi) is 5.14. The van der Waals surface area contributed by atoms with Crippen molar-refractivity contribution in [3.05, 3.63) is 59.1 Å². The normalized spacial score (nSPS) is 18.0. The number of hydrogen-bond acceptors (Lipinski definition) is 4. The van der Waals surface area contributed by atoms with E-state index < -0.39 is 27.8 Å². The first-order chi connectivity index (χ1) is 11.9. The molecule has 1 fully saturated rings. The summed E-state index contributed by atoms with van der Waals surface area (Å²) in [5, 5.41) is -0.165. The Labute approximate surface area is 163 Å². The van der Waals surface area contributed by atoms with Crippen LogP contribution in [0.5, 0.6) is 0 Å². The summed E-state index contributed by atoms with van der Waals surface area (Å²) < 4.78 is 26.2. The van der Waals surface area contributed by atoms with Gasteiger partial charge >= 0.3 is 0 Å². The molecule has 1 aliphatic rings. The number of nitrogens with one attached hydrogen (secondary N) is 1. The van der Waals surface area contributed by atoms with Crippen LogP contribution in [-0.2, 0) is 19.6 Å². The van der Waals surface area contributed by atoms with Crippen LogP contribution in [0.15, 0.2) is 53.4 Å². The summed E-state index contributed by atoms with van der Waals surface area (Å²) in [5.74, 6) is -1.44. The third-order valence-electron chi connectivity index (χ3n) is 3.92. The van der Waals surface area contributed by atoms with Crippen LogP contribution in [0.4, 0.5) is 5.69 Å². The van der Waals surface area contributed by atoms with E-state index in [-0.39, 0.29) is 22.0 Å². The van der Waals surface area contributed by atoms with Gasteiger partial charge in [0.25, 0.3) is 10.0 Å². The van der Waals surface area contributed by atoms with Crippen molar-refractivity contribution in [1.82, 2.24) is 2.94 Å². The smallest absolute Gasteiger partial charge is 0.250 e. The first-order valence-corrected chi connectivity index (χ1v) is 10.1. The van der Waals surface area contributed by atoms with Crippen LogP contribution in [0.2, 0.25) is 5.02 Å². The number of rotatable bonds is 4. The van der Waals surface area contributed by atoms with Gasteiger partial charge in [-0.15, -0.1) is 0 Å². The van der Waals surface area contributed by atoms with Crippen LogP contribution in [-0.4, -0.2) is 20.2 Å². The summed E-state index contributed by atoms with van der Waals surface area (Å²) in [6, 6.07) is 13.2. The second kappa shape index (κ2) is 7.02. The van der Waals surface area contributed by atoms with Crippen molar-refractivity contribution >= 4 is 62.0 Å². The molecule has 1 atom stereocenters. The second-order valence-corrected chi connectivity index (χ2v) is 8.70. The summed E-state index contributed by atoms with van der Waals surface area (Å²) >= 11 is 7.69. The number of carbonyl (C=O) groups excluding carboxylic acids is 2. The summed E-state index contributed by atoms with van der Waals surface area (Å²) in [5.41, 5.74) is 0.806. The van der Waals surface area contributed by atoms with Crippen LogP contribution < -0.4 is 7.84 Å². The maximum absolute atomic E-state index is 12.8. The summed E-state index contributed by atoms with van der Waals surface area (Å²) in [6.07, 6.45) is 0.0146. The van der Waals surface area contributed by atoms with Gasteiger partial charge in [-0.05, 0) is 17.7 Å². The van der Waals surface area contributed by atoms with Crippen LogP contribution >= 0.6 is 34.5 Å². The lowest BCUT2D eigenvalue weighted by molar-refractivity contribution is -0.121. The van der Waals surface area contributed by atoms with Crippen molar-refractivity contribution in [1.29, 1.82) is 0 Å². The lowest BCUT2D eigenvalue weighted by Crippen LogP contribution is -2.30. The average molecular weight is 491 g/mol. The predicted octanol–water partition coefficient (Wildman–Crippen LogP) is 3.02. The molecule has 1 unspecified atom stereocenters. The van der Waals surface area contributed by atoms with Gasteiger partial charge in [-0.2, -0.15) is 2.94 Å². The molecule has 0 aliphatic carbocycles. The number of hydrogen-bond donors (Lipinski definition) is 1. The highest BCUT2D eigenvalue weighted by molar-refractivity contribution is 14.1. The van der Waals surface area contributed by atoms with Gasteiger partial charge in [0, 0.05) is 29.3 Å². The maximum Gasteiger partial charge on any atom is 0.250 e. The Balaban J connectivity index is 2.05. The molecular weight excluding hydrogens is 479 g/mol. The maximum atomic E-state index is 12.8. The van der Waals surface area contributed by atoms with Crippen LogP contribution in [0.3, 0.4) is 0 Å². The van der Waals surface area contributed by atoms with Crippen LogP contribution in [0.1, 0.15) is 17.9 Å². The predicted molar refractivity (Wildman–Crippen MR) is 102 cm³/mol. The molecule has 1 aliphatic heterocycles. The minimum absolute atomic E-state index is 0.0146.